The van der Waals surface area contributed by atoms with Crippen LogP contribution >= 0.6 is 11.6 Å². The molecule has 0 amide bonds. The number of nitrogens with one attached hydrogen (secondary N) is 1. The van der Waals surface area contributed by atoms with E-state index in [-0.39, 0.29) is 5.54 Å². The molecule has 108 valence electrons. The SMILES string of the molecule is COCCN(C)c1ccc(Cl)c(CNC(C)(C)C)n1. The first-order valence-corrected chi connectivity index (χ1v) is 6.82. The van der Waals surface area contributed by atoms with Gasteiger partial charge < -0.3 is 15.0 Å². The first kappa shape index (κ1) is 16.2. The minimum Gasteiger partial charge on any atom is -0.383 e. The summed E-state index contributed by atoms with van der Waals surface area (Å²) in [4.78, 5) is 6.66. The molecule has 0 aromatic carbocycles. The number of aromatic nitrogens is 1. The van der Waals surface area contributed by atoms with Crippen LogP contribution in [0.25, 0.3) is 0 Å². The molecule has 1 aromatic rings. The fourth-order valence-electron chi connectivity index (χ4n) is 1.50. The average molecular weight is 286 g/mol. The third kappa shape index (κ3) is 5.76. The lowest BCUT2D eigenvalue weighted by atomic mass is 10.1. The molecule has 4 nitrogen and oxygen atoms in total. The number of nitrogens with zero attached hydrogens (tertiary/aromatic N) is 2. The van der Waals surface area contributed by atoms with Gasteiger partial charge in [-0.1, -0.05) is 11.6 Å². The summed E-state index contributed by atoms with van der Waals surface area (Å²) in [6, 6.07) is 3.82. The number of hydrogen-bond donors (Lipinski definition) is 1. The summed E-state index contributed by atoms with van der Waals surface area (Å²) < 4.78 is 5.07. The molecule has 0 aliphatic heterocycles. The maximum atomic E-state index is 6.19. The Kier molecular flexibility index (Phi) is 6.04. The van der Waals surface area contributed by atoms with Gasteiger partial charge in [0.25, 0.3) is 0 Å². The summed E-state index contributed by atoms with van der Waals surface area (Å²) in [5, 5.41) is 4.09. The monoisotopic (exact) mass is 285 g/mol. The fraction of sp³-hybridized carbons (Fsp3) is 0.643. The number of methoxy groups -OCH3 is 1. The van der Waals surface area contributed by atoms with Crippen LogP contribution in [-0.2, 0) is 11.3 Å². The van der Waals surface area contributed by atoms with Crippen LogP contribution in [0.1, 0.15) is 26.5 Å². The molecule has 0 aliphatic rings. The molecule has 0 fully saturated rings. The van der Waals surface area contributed by atoms with Crippen LogP contribution in [0.4, 0.5) is 5.82 Å². The molecule has 0 bridgehead atoms. The van der Waals surface area contributed by atoms with E-state index >= 15 is 0 Å². The summed E-state index contributed by atoms with van der Waals surface area (Å²) in [6.07, 6.45) is 0. The molecule has 1 heterocycles. The molecule has 0 atom stereocenters. The minimum atomic E-state index is 0.0446. The van der Waals surface area contributed by atoms with Gasteiger partial charge in [-0.25, -0.2) is 4.98 Å². The van der Waals surface area contributed by atoms with E-state index in [2.05, 4.69) is 36.0 Å². The number of likely N-dealkylation sites (N-methyl/N-ethyl adjacent to an activating group) is 1. The van der Waals surface area contributed by atoms with Crippen molar-refractivity contribution in [2.45, 2.75) is 32.9 Å². The molecule has 0 spiro atoms. The first-order valence-electron chi connectivity index (χ1n) is 6.44. The van der Waals surface area contributed by atoms with Crippen molar-refractivity contribution >= 4 is 17.4 Å². The second-order valence-electron chi connectivity index (χ2n) is 5.62. The lowest BCUT2D eigenvalue weighted by molar-refractivity contribution is 0.206. The summed E-state index contributed by atoms with van der Waals surface area (Å²) in [7, 11) is 3.69. The molecule has 0 saturated carbocycles. The summed E-state index contributed by atoms with van der Waals surface area (Å²) in [6.45, 7) is 8.50. The van der Waals surface area contributed by atoms with Crippen molar-refractivity contribution in [3.8, 4) is 0 Å². The second kappa shape index (κ2) is 7.08. The zero-order valence-electron chi connectivity index (χ0n) is 12.5. The van der Waals surface area contributed by atoms with Gasteiger partial charge in [0.2, 0.25) is 0 Å². The zero-order valence-corrected chi connectivity index (χ0v) is 13.2. The molecule has 5 heteroatoms. The lowest BCUT2D eigenvalue weighted by Crippen LogP contribution is -2.35. The highest BCUT2D eigenvalue weighted by Gasteiger charge is 2.12. The van der Waals surface area contributed by atoms with Crippen LogP contribution in [0.5, 0.6) is 0 Å². The maximum absolute atomic E-state index is 6.19. The summed E-state index contributed by atoms with van der Waals surface area (Å²) >= 11 is 6.19. The van der Waals surface area contributed by atoms with Crippen molar-refractivity contribution < 1.29 is 4.74 Å². The highest BCUT2D eigenvalue weighted by atomic mass is 35.5. The number of hydrogen-bond acceptors (Lipinski definition) is 4. The number of pyridine rings is 1. The van der Waals surface area contributed by atoms with Gasteiger partial charge in [-0.15, -0.1) is 0 Å². The normalized spacial score (nSPS) is 11.7. The number of rotatable bonds is 6. The van der Waals surface area contributed by atoms with Crippen molar-refractivity contribution in [3.05, 3.63) is 22.8 Å². The van der Waals surface area contributed by atoms with Gasteiger partial charge in [0.1, 0.15) is 5.82 Å². The van der Waals surface area contributed by atoms with Crippen molar-refractivity contribution in [1.29, 1.82) is 0 Å². The van der Waals surface area contributed by atoms with E-state index in [0.717, 1.165) is 18.1 Å². The van der Waals surface area contributed by atoms with Gasteiger partial charge in [-0.05, 0) is 32.9 Å². The molecule has 0 aliphatic carbocycles. The van der Waals surface area contributed by atoms with Gasteiger partial charge >= 0.3 is 0 Å². The Balaban J connectivity index is 2.76. The Bertz CT molecular complexity index is 404. The number of halogens is 1. The predicted molar refractivity (Wildman–Crippen MR) is 81.0 cm³/mol. The minimum absolute atomic E-state index is 0.0446. The molecule has 1 rings (SSSR count). The summed E-state index contributed by atoms with van der Waals surface area (Å²) in [5.41, 5.74) is 0.918. The molecule has 0 unspecified atom stereocenters. The van der Waals surface area contributed by atoms with Crippen LogP contribution in [0.15, 0.2) is 12.1 Å². The largest absolute Gasteiger partial charge is 0.383 e. The molecule has 1 N–H and O–H groups in total. The molecule has 0 radical (unpaired) electrons. The van der Waals surface area contributed by atoms with E-state index < -0.39 is 0 Å². The smallest absolute Gasteiger partial charge is 0.128 e. The molecule has 0 saturated heterocycles. The molecule has 1 aromatic heterocycles. The van der Waals surface area contributed by atoms with Gasteiger partial charge in [-0.3, -0.25) is 0 Å². The van der Waals surface area contributed by atoms with E-state index in [1.807, 2.05) is 19.2 Å². The number of ether oxygens (including phenoxy) is 1. The Morgan fingerprint density at radius 3 is 2.63 bits per heavy atom. The lowest BCUT2D eigenvalue weighted by Gasteiger charge is -2.22. The van der Waals surface area contributed by atoms with Gasteiger partial charge in [0.05, 0.1) is 17.3 Å². The fourth-order valence-corrected chi connectivity index (χ4v) is 1.67. The van der Waals surface area contributed by atoms with Crippen molar-refractivity contribution in [1.82, 2.24) is 10.3 Å². The topological polar surface area (TPSA) is 37.4 Å². The zero-order chi connectivity index (χ0) is 14.5. The van der Waals surface area contributed by atoms with E-state index in [4.69, 9.17) is 16.3 Å². The van der Waals surface area contributed by atoms with Crippen molar-refractivity contribution in [3.63, 3.8) is 0 Å². The third-order valence-electron chi connectivity index (χ3n) is 2.71. The van der Waals surface area contributed by atoms with Crippen molar-refractivity contribution in [2.24, 2.45) is 0 Å². The van der Waals surface area contributed by atoms with E-state index in [0.29, 0.717) is 18.2 Å². The standard InChI is InChI=1S/C14H24ClN3O/c1-14(2,3)16-10-12-11(15)6-7-13(17-12)18(4)8-9-19-5/h6-7,16H,8-10H2,1-5H3. The van der Waals surface area contributed by atoms with Crippen LogP contribution < -0.4 is 10.2 Å². The van der Waals surface area contributed by atoms with Crippen LogP contribution in [0.2, 0.25) is 5.02 Å². The van der Waals surface area contributed by atoms with Gasteiger partial charge in [0, 0.05) is 32.8 Å². The highest BCUT2D eigenvalue weighted by molar-refractivity contribution is 6.31. The molecular weight excluding hydrogens is 262 g/mol. The van der Waals surface area contributed by atoms with Crippen LogP contribution in [0.3, 0.4) is 0 Å². The Labute approximate surface area is 121 Å². The summed E-state index contributed by atoms with van der Waals surface area (Å²) in [5.74, 6) is 0.909. The highest BCUT2D eigenvalue weighted by Crippen LogP contribution is 2.19. The first-order chi connectivity index (χ1) is 8.83. The third-order valence-corrected chi connectivity index (χ3v) is 3.06. The van der Waals surface area contributed by atoms with Crippen LogP contribution in [0, 0.1) is 0 Å². The van der Waals surface area contributed by atoms with Crippen LogP contribution in [-0.4, -0.2) is 37.8 Å². The van der Waals surface area contributed by atoms with E-state index in [1.54, 1.807) is 7.11 Å². The Morgan fingerprint density at radius 1 is 1.37 bits per heavy atom. The quantitative estimate of drug-likeness (QED) is 0.872. The Morgan fingerprint density at radius 2 is 2.05 bits per heavy atom. The number of anilines is 1. The van der Waals surface area contributed by atoms with Gasteiger partial charge in [-0.2, -0.15) is 0 Å². The maximum Gasteiger partial charge on any atom is 0.128 e. The predicted octanol–water partition coefficient (Wildman–Crippen LogP) is 2.71. The van der Waals surface area contributed by atoms with E-state index in [9.17, 15) is 0 Å². The molecule has 19 heavy (non-hydrogen) atoms. The average Bonchev–Trinajstić information content (AvgIpc) is 2.34. The second-order valence-corrected chi connectivity index (χ2v) is 6.02. The van der Waals surface area contributed by atoms with Crippen molar-refractivity contribution in [2.75, 3.05) is 32.2 Å². The van der Waals surface area contributed by atoms with Gasteiger partial charge in [0.15, 0.2) is 0 Å². The Hall–Kier alpha value is -0.840. The van der Waals surface area contributed by atoms with E-state index in [1.165, 1.54) is 0 Å². The molecular formula is C14H24ClN3O.